The van der Waals surface area contributed by atoms with Crippen molar-refractivity contribution in [2.75, 3.05) is 18.1 Å². The van der Waals surface area contributed by atoms with Crippen LogP contribution in [0.15, 0.2) is 82.7 Å². The second-order valence-corrected chi connectivity index (χ2v) is 13.0. The van der Waals surface area contributed by atoms with Crippen LogP contribution in [0.1, 0.15) is 68.7 Å². The number of hydrogen-bond acceptors (Lipinski definition) is 9. The normalized spacial score (nSPS) is 15.8. The van der Waals surface area contributed by atoms with Crippen LogP contribution in [0, 0.1) is 5.82 Å². The average Bonchev–Trinajstić information content (AvgIpc) is 3.65. The zero-order chi connectivity index (χ0) is 32.5. The molecule has 1 saturated heterocycles. The third-order valence-corrected chi connectivity index (χ3v) is 9.56. The van der Waals surface area contributed by atoms with E-state index in [1.165, 1.54) is 40.1 Å². The summed E-state index contributed by atoms with van der Waals surface area (Å²) in [5, 5.41) is 20.3. The first-order valence-electron chi connectivity index (χ1n) is 15.4. The van der Waals surface area contributed by atoms with E-state index in [4.69, 9.17) is 9.47 Å². The van der Waals surface area contributed by atoms with Gasteiger partial charge in [0.15, 0.2) is 4.34 Å². The Hall–Kier alpha value is -4.22. The number of aromatic nitrogens is 2. The Kier molecular flexibility index (Phi) is 11.4. The van der Waals surface area contributed by atoms with Crippen molar-refractivity contribution >= 4 is 45.7 Å². The van der Waals surface area contributed by atoms with Crippen LogP contribution in [0.25, 0.3) is 5.76 Å². The van der Waals surface area contributed by atoms with Gasteiger partial charge in [-0.2, -0.15) is 0 Å². The Bertz CT molecular complexity index is 1660. The maximum atomic E-state index is 13.6. The Morgan fingerprint density at radius 3 is 2.15 bits per heavy atom. The first-order chi connectivity index (χ1) is 22.4. The predicted octanol–water partition coefficient (Wildman–Crippen LogP) is 8.34. The maximum absolute atomic E-state index is 13.6. The zero-order valence-electron chi connectivity index (χ0n) is 25.8. The van der Waals surface area contributed by atoms with Gasteiger partial charge in [-0.3, -0.25) is 14.5 Å². The summed E-state index contributed by atoms with van der Waals surface area (Å²) in [6.45, 7) is 5.39. The number of hydrogen-bond donors (Lipinski definition) is 1. The van der Waals surface area contributed by atoms with Gasteiger partial charge in [-0.1, -0.05) is 80.5 Å². The number of thioether (sulfide) groups is 1. The number of carbonyl (C=O) groups is 2. The first-order valence-corrected chi connectivity index (χ1v) is 17.2. The van der Waals surface area contributed by atoms with E-state index in [1.54, 1.807) is 60.7 Å². The number of aliphatic hydroxyl groups is 1. The van der Waals surface area contributed by atoms with Gasteiger partial charge in [0.05, 0.1) is 24.8 Å². The largest absolute Gasteiger partial charge is 0.507 e. The third-order valence-electron chi connectivity index (χ3n) is 7.43. The molecule has 1 aliphatic heterocycles. The number of anilines is 1. The summed E-state index contributed by atoms with van der Waals surface area (Å²) in [6, 6.07) is 19.2. The van der Waals surface area contributed by atoms with Crippen molar-refractivity contribution in [3.05, 3.63) is 101 Å². The van der Waals surface area contributed by atoms with Gasteiger partial charge >= 0.3 is 5.91 Å². The molecule has 11 heteroatoms. The van der Waals surface area contributed by atoms with Gasteiger partial charge in [0.2, 0.25) is 5.13 Å². The van der Waals surface area contributed by atoms with Crippen LogP contribution in [-0.4, -0.2) is 40.2 Å². The number of aliphatic hydroxyl groups excluding tert-OH is 1. The van der Waals surface area contributed by atoms with Crippen LogP contribution in [0.5, 0.6) is 11.5 Å². The van der Waals surface area contributed by atoms with Crippen molar-refractivity contribution in [2.45, 2.75) is 62.1 Å². The Labute approximate surface area is 276 Å². The molecule has 240 valence electrons. The Morgan fingerprint density at radius 1 is 0.870 bits per heavy atom. The summed E-state index contributed by atoms with van der Waals surface area (Å²) in [6.07, 6.45) is 5.04. The van der Waals surface area contributed by atoms with E-state index in [1.807, 2.05) is 0 Å². The molecular weight excluding hydrogens is 626 g/mol. The highest BCUT2D eigenvalue weighted by atomic mass is 32.2. The molecule has 1 aliphatic rings. The van der Waals surface area contributed by atoms with Gasteiger partial charge < -0.3 is 14.6 Å². The number of unbranched alkanes of at least 4 members (excludes halogenated alkanes) is 3. The van der Waals surface area contributed by atoms with E-state index in [9.17, 15) is 19.1 Å². The fourth-order valence-corrected chi connectivity index (χ4v) is 6.74. The monoisotopic (exact) mass is 661 g/mol. The van der Waals surface area contributed by atoms with Crippen molar-refractivity contribution in [3.63, 3.8) is 0 Å². The SMILES string of the molecule is CCCCCOc1ccc([C@H]2C(=C(O)c3ccc(OCCCC)cc3)C(=O)C(=O)N2c2nnc(SCc3ccc(F)cc3)s2)cc1. The number of carbonyl (C=O) groups excluding carboxylic acids is 2. The van der Waals surface area contributed by atoms with E-state index in [0.29, 0.717) is 45.9 Å². The molecule has 3 aromatic carbocycles. The fourth-order valence-electron chi connectivity index (χ4n) is 4.92. The summed E-state index contributed by atoms with van der Waals surface area (Å²) < 4.78 is 25.5. The Balaban J connectivity index is 1.46. The lowest BCUT2D eigenvalue weighted by atomic mass is 9.95. The minimum atomic E-state index is -0.947. The van der Waals surface area contributed by atoms with Gasteiger partial charge in [0.1, 0.15) is 23.1 Å². The van der Waals surface area contributed by atoms with Crippen molar-refractivity contribution in [2.24, 2.45) is 0 Å². The van der Waals surface area contributed by atoms with Crippen molar-refractivity contribution in [3.8, 4) is 11.5 Å². The summed E-state index contributed by atoms with van der Waals surface area (Å²) in [5.74, 6) is -0.383. The number of Topliss-reactive ketones (excluding diaryl/α,β-unsaturated/α-hetero) is 1. The van der Waals surface area contributed by atoms with Gasteiger partial charge in [-0.25, -0.2) is 4.39 Å². The van der Waals surface area contributed by atoms with E-state index >= 15 is 0 Å². The number of ether oxygens (including phenoxy) is 2. The van der Waals surface area contributed by atoms with E-state index in [-0.39, 0.29) is 22.3 Å². The molecule has 1 fully saturated rings. The van der Waals surface area contributed by atoms with Crippen LogP contribution in [0.2, 0.25) is 0 Å². The van der Waals surface area contributed by atoms with Gasteiger partial charge in [-0.05, 0) is 72.5 Å². The van der Waals surface area contributed by atoms with Gasteiger partial charge in [0.25, 0.3) is 5.78 Å². The molecule has 0 radical (unpaired) electrons. The van der Waals surface area contributed by atoms with Crippen LogP contribution in [-0.2, 0) is 15.3 Å². The molecule has 8 nitrogen and oxygen atoms in total. The van der Waals surface area contributed by atoms with Gasteiger partial charge in [-0.15, -0.1) is 10.2 Å². The lowest BCUT2D eigenvalue weighted by molar-refractivity contribution is -0.132. The standard InChI is InChI=1S/C35H36FN3O5S2/c1-3-5-7-21-44-27-16-10-24(11-17-27)30-29(31(40)25-12-18-28(19-13-25)43-20-6-4-2)32(41)33(42)39(30)34-37-38-35(46-34)45-22-23-8-14-26(36)15-9-23/h8-19,30,40H,3-7,20-22H2,1-2H3/t30-/m0/s1. The molecule has 0 bridgehead atoms. The Morgan fingerprint density at radius 2 is 1.50 bits per heavy atom. The minimum absolute atomic E-state index is 0.0445. The summed E-state index contributed by atoms with van der Waals surface area (Å²) in [5.41, 5.74) is 1.85. The molecule has 5 rings (SSSR count). The van der Waals surface area contributed by atoms with Crippen LogP contribution >= 0.6 is 23.1 Å². The highest BCUT2D eigenvalue weighted by Crippen LogP contribution is 2.44. The molecule has 0 spiro atoms. The van der Waals surface area contributed by atoms with E-state index < -0.39 is 17.7 Å². The molecule has 1 atom stereocenters. The molecule has 2 heterocycles. The highest BCUT2D eigenvalue weighted by Gasteiger charge is 2.48. The lowest BCUT2D eigenvalue weighted by Crippen LogP contribution is -2.29. The second-order valence-electron chi connectivity index (χ2n) is 10.8. The van der Waals surface area contributed by atoms with Gasteiger partial charge in [0, 0.05) is 11.3 Å². The predicted molar refractivity (Wildman–Crippen MR) is 179 cm³/mol. The molecule has 0 saturated carbocycles. The van der Waals surface area contributed by atoms with Crippen molar-refractivity contribution in [1.29, 1.82) is 0 Å². The number of benzene rings is 3. The molecular formula is C35H36FN3O5S2. The summed E-state index contributed by atoms with van der Waals surface area (Å²) in [7, 11) is 0. The molecule has 1 aromatic heterocycles. The maximum Gasteiger partial charge on any atom is 0.301 e. The lowest BCUT2D eigenvalue weighted by Gasteiger charge is -2.22. The van der Waals surface area contributed by atoms with Crippen LogP contribution in [0.3, 0.4) is 0 Å². The highest BCUT2D eigenvalue weighted by molar-refractivity contribution is 8.00. The number of amides is 1. The van der Waals surface area contributed by atoms with Crippen molar-refractivity contribution in [1.82, 2.24) is 10.2 Å². The van der Waals surface area contributed by atoms with Crippen LogP contribution < -0.4 is 14.4 Å². The van der Waals surface area contributed by atoms with E-state index in [2.05, 4.69) is 24.0 Å². The molecule has 4 aromatic rings. The second kappa shape index (κ2) is 15.9. The zero-order valence-corrected chi connectivity index (χ0v) is 27.4. The average molecular weight is 662 g/mol. The number of ketones is 1. The molecule has 0 unspecified atom stereocenters. The molecule has 1 N–H and O–H groups in total. The van der Waals surface area contributed by atoms with E-state index in [0.717, 1.165) is 37.7 Å². The summed E-state index contributed by atoms with van der Waals surface area (Å²) >= 11 is 2.56. The number of halogens is 1. The molecule has 0 aliphatic carbocycles. The topological polar surface area (TPSA) is 102 Å². The number of nitrogens with zero attached hydrogens (tertiary/aromatic N) is 3. The molecule has 1 amide bonds. The minimum Gasteiger partial charge on any atom is -0.507 e. The number of rotatable bonds is 15. The van der Waals surface area contributed by atoms with Crippen LogP contribution in [0.4, 0.5) is 9.52 Å². The quantitative estimate of drug-likeness (QED) is 0.0339. The summed E-state index contributed by atoms with van der Waals surface area (Å²) in [4.78, 5) is 28.5. The first kappa shape index (κ1) is 33.2. The van der Waals surface area contributed by atoms with Crippen molar-refractivity contribution < 1.29 is 28.6 Å². The third kappa shape index (κ3) is 7.94. The fraction of sp³-hybridized carbons (Fsp3) is 0.314. The molecule has 46 heavy (non-hydrogen) atoms. The smallest absolute Gasteiger partial charge is 0.301 e.